The minimum absolute atomic E-state index is 0.258. The highest BCUT2D eigenvalue weighted by Gasteiger charge is 2.47. The molecule has 0 N–H and O–H groups in total. The molecule has 0 bridgehead atoms. The van der Waals surface area contributed by atoms with Crippen LogP contribution in [-0.2, 0) is 11.3 Å². The fourth-order valence-electron chi connectivity index (χ4n) is 3.55. The molecule has 2 aliphatic rings. The topological polar surface area (TPSA) is 36.4 Å². The van der Waals surface area contributed by atoms with E-state index in [1.54, 1.807) is 11.3 Å². The summed E-state index contributed by atoms with van der Waals surface area (Å²) in [4.78, 5) is 21.2. The van der Waals surface area contributed by atoms with Crippen LogP contribution >= 0.6 is 11.3 Å². The zero-order valence-electron chi connectivity index (χ0n) is 11.7. The number of anilines is 1. The molecule has 4 nitrogen and oxygen atoms in total. The summed E-state index contributed by atoms with van der Waals surface area (Å²) in [6.07, 6.45) is 3.52. The first-order valence-corrected chi connectivity index (χ1v) is 8.25. The van der Waals surface area contributed by atoms with Crippen molar-refractivity contribution in [3.63, 3.8) is 0 Å². The van der Waals surface area contributed by atoms with E-state index in [9.17, 15) is 4.79 Å². The minimum Gasteiger partial charge on any atom is -0.307 e. The van der Waals surface area contributed by atoms with E-state index in [4.69, 9.17) is 0 Å². The van der Waals surface area contributed by atoms with Crippen molar-refractivity contribution in [3.8, 4) is 0 Å². The van der Waals surface area contributed by atoms with Crippen molar-refractivity contribution in [1.29, 1.82) is 0 Å². The second-order valence-corrected chi connectivity index (χ2v) is 6.44. The molecule has 2 fully saturated rings. The predicted octanol–water partition coefficient (Wildman–Crippen LogP) is 2.52. The van der Waals surface area contributed by atoms with E-state index in [1.807, 2.05) is 34.7 Å². The molecule has 0 unspecified atom stereocenters. The third-order valence-corrected chi connectivity index (χ3v) is 5.16. The lowest BCUT2D eigenvalue weighted by atomic mass is 10.1. The predicted molar refractivity (Wildman–Crippen MR) is 83.3 cm³/mol. The van der Waals surface area contributed by atoms with Crippen molar-refractivity contribution < 1.29 is 4.79 Å². The Kier molecular flexibility index (Phi) is 3.24. The van der Waals surface area contributed by atoms with Gasteiger partial charge in [-0.2, -0.15) is 11.3 Å². The minimum atomic E-state index is 0.258. The van der Waals surface area contributed by atoms with Gasteiger partial charge < -0.3 is 4.90 Å². The van der Waals surface area contributed by atoms with Crippen molar-refractivity contribution in [2.24, 2.45) is 0 Å². The van der Waals surface area contributed by atoms with E-state index in [-0.39, 0.29) is 5.91 Å². The maximum absolute atomic E-state index is 12.4. The molecule has 4 rings (SSSR count). The molecule has 0 aromatic carbocycles. The van der Waals surface area contributed by atoms with Gasteiger partial charge in [-0.15, -0.1) is 0 Å². The average molecular weight is 299 g/mol. The highest BCUT2D eigenvalue weighted by atomic mass is 32.1. The first kappa shape index (κ1) is 13.0. The molecular formula is C16H17N3OS. The number of carbonyl (C=O) groups is 1. The fourth-order valence-corrected chi connectivity index (χ4v) is 4.18. The Balaban J connectivity index is 1.54. The summed E-state index contributed by atoms with van der Waals surface area (Å²) in [6, 6.07) is 8.73. The van der Waals surface area contributed by atoms with E-state index < -0.39 is 0 Å². The van der Waals surface area contributed by atoms with Crippen LogP contribution in [0.4, 0.5) is 5.69 Å². The van der Waals surface area contributed by atoms with Gasteiger partial charge in [-0.25, -0.2) is 0 Å². The first-order valence-electron chi connectivity index (χ1n) is 7.31. The number of thiophene rings is 1. The molecule has 2 aliphatic heterocycles. The van der Waals surface area contributed by atoms with Crippen LogP contribution in [0.5, 0.6) is 0 Å². The maximum atomic E-state index is 12.4. The summed E-state index contributed by atoms with van der Waals surface area (Å²) >= 11 is 1.65. The third-order valence-electron chi connectivity index (χ3n) is 4.48. The molecule has 2 aromatic heterocycles. The number of hydrogen-bond donors (Lipinski definition) is 0. The zero-order chi connectivity index (χ0) is 14.2. The lowest BCUT2D eigenvalue weighted by Crippen LogP contribution is -2.37. The van der Waals surface area contributed by atoms with Crippen LogP contribution in [0.1, 0.15) is 18.5 Å². The Morgan fingerprint density at radius 1 is 1.29 bits per heavy atom. The van der Waals surface area contributed by atoms with Gasteiger partial charge in [0.05, 0.1) is 17.4 Å². The highest BCUT2D eigenvalue weighted by molar-refractivity contribution is 7.08. The fraction of sp³-hybridized carbons (Fsp3) is 0.375. The van der Waals surface area contributed by atoms with Crippen LogP contribution in [0.3, 0.4) is 0 Å². The summed E-state index contributed by atoms with van der Waals surface area (Å²) in [7, 11) is 0. The molecule has 0 aliphatic carbocycles. The number of rotatable bonds is 3. The van der Waals surface area contributed by atoms with Gasteiger partial charge in [0, 0.05) is 37.1 Å². The quantitative estimate of drug-likeness (QED) is 0.874. The normalized spacial score (nSPS) is 25.5. The molecule has 21 heavy (non-hydrogen) atoms. The van der Waals surface area contributed by atoms with Gasteiger partial charge in [-0.1, -0.05) is 6.07 Å². The first-order chi connectivity index (χ1) is 10.3. The Morgan fingerprint density at radius 3 is 3.00 bits per heavy atom. The number of carbonyl (C=O) groups excluding carboxylic acids is 1. The van der Waals surface area contributed by atoms with Gasteiger partial charge >= 0.3 is 0 Å². The Bertz CT molecular complexity index is 628. The number of aromatic nitrogens is 1. The van der Waals surface area contributed by atoms with Crippen molar-refractivity contribution in [2.75, 3.05) is 11.4 Å². The van der Waals surface area contributed by atoms with Gasteiger partial charge in [-0.3, -0.25) is 14.7 Å². The number of fused-ring (bicyclic) bond motifs is 1. The van der Waals surface area contributed by atoms with Crippen LogP contribution in [0.2, 0.25) is 0 Å². The van der Waals surface area contributed by atoms with E-state index in [0.29, 0.717) is 18.5 Å². The zero-order valence-corrected chi connectivity index (χ0v) is 12.5. The lowest BCUT2D eigenvalue weighted by molar-refractivity contribution is -0.117. The standard InChI is InChI=1S/C16H17N3OS/c20-16-9-15-14(19(16)13-5-8-21-11-13)4-7-18(15)10-12-3-1-2-6-17-12/h1-3,5-6,8,11,14-15H,4,7,9-10H2/t14-,15+/m0/s1. The van der Waals surface area contributed by atoms with E-state index >= 15 is 0 Å². The van der Waals surface area contributed by atoms with Crippen molar-refractivity contribution in [3.05, 3.63) is 46.9 Å². The van der Waals surface area contributed by atoms with Crippen molar-refractivity contribution >= 4 is 22.9 Å². The second-order valence-electron chi connectivity index (χ2n) is 5.66. The number of nitrogens with zero attached hydrogens (tertiary/aromatic N) is 3. The SMILES string of the molecule is O=C1C[C@@H]2[C@H](CCN2Cc2ccccn2)N1c1ccsc1. The molecule has 2 aromatic rings. The molecule has 0 spiro atoms. The van der Waals surface area contributed by atoms with Gasteiger partial charge in [0.15, 0.2) is 0 Å². The average Bonchev–Trinajstić information content (AvgIpc) is 3.19. The van der Waals surface area contributed by atoms with Gasteiger partial charge in [0.25, 0.3) is 0 Å². The lowest BCUT2D eigenvalue weighted by Gasteiger charge is -2.24. The molecule has 2 atom stereocenters. The van der Waals surface area contributed by atoms with Crippen molar-refractivity contribution in [2.45, 2.75) is 31.5 Å². The van der Waals surface area contributed by atoms with Gasteiger partial charge in [0.2, 0.25) is 5.91 Å². The monoisotopic (exact) mass is 299 g/mol. The summed E-state index contributed by atoms with van der Waals surface area (Å²) in [5.41, 5.74) is 2.15. The number of amides is 1. The summed E-state index contributed by atoms with van der Waals surface area (Å²) in [6.45, 7) is 1.88. The maximum Gasteiger partial charge on any atom is 0.228 e. The smallest absolute Gasteiger partial charge is 0.228 e. The van der Waals surface area contributed by atoms with Crippen LogP contribution < -0.4 is 4.90 Å². The summed E-state index contributed by atoms with van der Waals surface area (Å²) in [5, 5.41) is 4.11. The molecule has 5 heteroatoms. The second kappa shape index (κ2) is 5.24. The molecule has 0 radical (unpaired) electrons. The number of likely N-dealkylation sites (tertiary alicyclic amines) is 1. The molecule has 1 amide bonds. The molecule has 4 heterocycles. The van der Waals surface area contributed by atoms with E-state index in [2.05, 4.69) is 21.3 Å². The van der Waals surface area contributed by atoms with E-state index in [1.165, 1.54) is 0 Å². The molecule has 108 valence electrons. The summed E-state index contributed by atoms with van der Waals surface area (Å²) in [5.74, 6) is 0.258. The Labute approximate surface area is 128 Å². The molecule has 0 saturated carbocycles. The van der Waals surface area contributed by atoms with Crippen LogP contribution in [0.25, 0.3) is 0 Å². The molecular weight excluding hydrogens is 282 g/mol. The van der Waals surface area contributed by atoms with Crippen LogP contribution in [0, 0.1) is 0 Å². The number of hydrogen-bond acceptors (Lipinski definition) is 4. The van der Waals surface area contributed by atoms with Crippen LogP contribution in [-0.4, -0.2) is 34.4 Å². The third kappa shape index (κ3) is 2.26. The Hall–Kier alpha value is -1.72. The summed E-state index contributed by atoms with van der Waals surface area (Å²) < 4.78 is 0. The van der Waals surface area contributed by atoms with Crippen molar-refractivity contribution in [1.82, 2.24) is 9.88 Å². The van der Waals surface area contributed by atoms with E-state index in [0.717, 1.165) is 30.9 Å². The van der Waals surface area contributed by atoms with Crippen LogP contribution in [0.15, 0.2) is 41.2 Å². The largest absolute Gasteiger partial charge is 0.307 e. The Morgan fingerprint density at radius 2 is 2.24 bits per heavy atom. The highest BCUT2D eigenvalue weighted by Crippen LogP contribution is 2.37. The van der Waals surface area contributed by atoms with Gasteiger partial charge in [0.1, 0.15) is 0 Å². The van der Waals surface area contributed by atoms with Gasteiger partial charge in [-0.05, 0) is 30.0 Å². The number of pyridine rings is 1. The molecule has 2 saturated heterocycles.